The summed E-state index contributed by atoms with van der Waals surface area (Å²) in [7, 11) is 0. The molecule has 1 aromatic heterocycles. The maximum atomic E-state index is 6.19. The van der Waals surface area contributed by atoms with E-state index in [1.165, 1.54) is 5.56 Å². The molecule has 19 heavy (non-hydrogen) atoms. The number of nitrogens with zero attached hydrogens (tertiary/aromatic N) is 2. The fourth-order valence-electron chi connectivity index (χ4n) is 2.28. The molecule has 108 valence electrons. The zero-order valence-electron chi connectivity index (χ0n) is 12.3. The first-order valence-electron chi connectivity index (χ1n) is 7.25. The van der Waals surface area contributed by atoms with E-state index in [0.29, 0.717) is 6.04 Å². The first-order valence-corrected chi connectivity index (χ1v) is 7.63. The van der Waals surface area contributed by atoms with Crippen LogP contribution in [0.5, 0.6) is 0 Å². The normalized spacial score (nSPS) is 12.9. The van der Waals surface area contributed by atoms with Gasteiger partial charge in [-0.1, -0.05) is 32.4 Å². The quantitative estimate of drug-likeness (QED) is 0.755. The van der Waals surface area contributed by atoms with Crippen molar-refractivity contribution in [1.29, 1.82) is 0 Å². The van der Waals surface area contributed by atoms with E-state index in [-0.39, 0.29) is 0 Å². The highest BCUT2D eigenvalue weighted by atomic mass is 35.5. The molecule has 0 aliphatic rings. The molecule has 1 atom stereocenters. The second kappa shape index (κ2) is 9.29. The van der Waals surface area contributed by atoms with E-state index in [1.807, 2.05) is 12.3 Å². The monoisotopic (exact) mass is 283 g/mol. The molecule has 4 heteroatoms. The highest BCUT2D eigenvalue weighted by Gasteiger charge is 2.12. The van der Waals surface area contributed by atoms with E-state index in [0.717, 1.165) is 44.0 Å². The standard InChI is InChI=1S/C15H26ClN3/c1-4-18-14(8-10-19(5-2)6-3)11-13-7-9-17-12-15(13)16/h7,9,12,14,18H,4-6,8,10-11H2,1-3H3. The van der Waals surface area contributed by atoms with Crippen molar-refractivity contribution in [3.8, 4) is 0 Å². The van der Waals surface area contributed by atoms with Crippen molar-refractivity contribution in [3.63, 3.8) is 0 Å². The van der Waals surface area contributed by atoms with Gasteiger partial charge in [-0.25, -0.2) is 0 Å². The lowest BCUT2D eigenvalue weighted by Gasteiger charge is -2.23. The van der Waals surface area contributed by atoms with Crippen LogP contribution in [0.2, 0.25) is 5.02 Å². The third-order valence-corrected chi connectivity index (χ3v) is 3.84. The van der Waals surface area contributed by atoms with Crippen LogP contribution in [0.25, 0.3) is 0 Å². The smallest absolute Gasteiger partial charge is 0.0621 e. The van der Waals surface area contributed by atoms with Crippen LogP contribution in [0.3, 0.4) is 0 Å². The predicted molar refractivity (Wildman–Crippen MR) is 82.8 cm³/mol. The van der Waals surface area contributed by atoms with Gasteiger partial charge < -0.3 is 10.2 Å². The molecule has 0 saturated heterocycles. The van der Waals surface area contributed by atoms with Crippen LogP contribution >= 0.6 is 11.6 Å². The summed E-state index contributed by atoms with van der Waals surface area (Å²) in [6, 6.07) is 2.50. The first-order chi connectivity index (χ1) is 9.21. The van der Waals surface area contributed by atoms with Crippen LogP contribution in [-0.2, 0) is 6.42 Å². The van der Waals surface area contributed by atoms with E-state index >= 15 is 0 Å². The Labute approximate surface area is 122 Å². The fraction of sp³-hybridized carbons (Fsp3) is 0.667. The summed E-state index contributed by atoms with van der Waals surface area (Å²) in [5.74, 6) is 0. The molecular formula is C15H26ClN3. The maximum Gasteiger partial charge on any atom is 0.0621 e. The van der Waals surface area contributed by atoms with E-state index < -0.39 is 0 Å². The third-order valence-electron chi connectivity index (χ3n) is 3.50. The molecule has 0 amide bonds. The Hall–Kier alpha value is -0.640. The minimum absolute atomic E-state index is 0.477. The van der Waals surface area contributed by atoms with E-state index in [4.69, 9.17) is 11.6 Å². The van der Waals surface area contributed by atoms with Crippen molar-refractivity contribution in [3.05, 3.63) is 29.0 Å². The van der Waals surface area contributed by atoms with Crippen molar-refractivity contribution in [2.45, 2.75) is 39.7 Å². The second-order valence-corrected chi connectivity index (χ2v) is 5.15. The Morgan fingerprint density at radius 3 is 2.63 bits per heavy atom. The number of hydrogen-bond donors (Lipinski definition) is 1. The van der Waals surface area contributed by atoms with Crippen LogP contribution in [0.4, 0.5) is 0 Å². The molecule has 0 bridgehead atoms. The average Bonchev–Trinajstić information content (AvgIpc) is 2.42. The molecule has 0 aromatic carbocycles. The summed E-state index contributed by atoms with van der Waals surface area (Å²) in [5.41, 5.74) is 1.18. The molecule has 0 radical (unpaired) electrons. The Bertz CT molecular complexity index is 353. The lowest BCUT2D eigenvalue weighted by Crippen LogP contribution is -2.35. The average molecular weight is 284 g/mol. The third kappa shape index (κ3) is 5.89. The van der Waals surface area contributed by atoms with Gasteiger partial charge in [-0.05, 0) is 50.7 Å². The Balaban J connectivity index is 2.55. The Morgan fingerprint density at radius 2 is 2.05 bits per heavy atom. The molecule has 0 saturated carbocycles. The van der Waals surface area contributed by atoms with Crippen molar-refractivity contribution in [2.75, 3.05) is 26.2 Å². The summed E-state index contributed by atoms with van der Waals surface area (Å²) >= 11 is 6.19. The minimum Gasteiger partial charge on any atom is -0.314 e. The predicted octanol–water partition coefficient (Wildman–Crippen LogP) is 2.99. The summed E-state index contributed by atoms with van der Waals surface area (Å²) in [6.45, 7) is 10.9. The number of hydrogen-bond acceptors (Lipinski definition) is 3. The number of halogens is 1. The Kier molecular flexibility index (Phi) is 8.03. The van der Waals surface area contributed by atoms with Crippen LogP contribution in [0, 0.1) is 0 Å². The fourth-order valence-corrected chi connectivity index (χ4v) is 2.47. The van der Waals surface area contributed by atoms with Crippen LogP contribution in [-0.4, -0.2) is 42.1 Å². The van der Waals surface area contributed by atoms with Gasteiger partial charge >= 0.3 is 0 Å². The number of likely N-dealkylation sites (N-methyl/N-ethyl adjacent to an activating group) is 1. The lowest BCUT2D eigenvalue weighted by atomic mass is 10.0. The summed E-state index contributed by atoms with van der Waals surface area (Å²) < 4.78 is 0. The zero-order valence-corrected chi connectivity index (χ0v) is 13.1. The topological polar surface area (TPSA) is 28.2 Å². The number of aromatic nitrogens is 1. The van der Waals surface area contributed by atoms with Crippen molar-refractivity contribution >= 4 is 11.6 Å². The molecule has 0 aliphatic heterocycles. The lowest BCUT2D eigenvalue weighted by molar-refractivity contribution is 0.281. The second-order valence-electron chi connectivity index (χ2n) is 4.74. The van der Waals surface area contributed by atoms with E-state index in [1.54, 1.807) is 6.20 Å². The molecule has 1 rings (SSSR count). The van der Waals surface area contributed by atoms with Gasteiger partial charge in [-0.15, -0.1) is 0 Å². The van der Waals surface area contributed by atoms with Crippen LogP contribution in [0.15, 0.2) is 18.5 Å². The van der Waals surface area contributed by atoms with Gasteiger partial charge in [0.1, 0.15) is 0 Å². The zero-order chi connectivity index (χ0) is 14.1. The number of rotatable bonds is 9. The van der Waals surface area contributed by atoms with Crippen molar-refractivity contribution < 1.29 is 0 Å². The highest BCUT2D eigenvalue weighted by Crippen LogP contribution is 2.16. The van der Waals surface area contributed by atoms with Gasteiger partial charge in [0.2, 0.25) is 0 Å². The SMILES string of the molecule is CCNC(CCN(CC)CC)Cc1ccncc1Cl. The van der Waals surface area contributed by atoms with Gasteiger partial charge in [0, 0.05) is 18.4 Å². The largest absolute Gasteiger partial charge is 0.314 e. The molecule has 1 aromatic rings. The molecular weight excluding hydrogens is 258 g/mol. The van der Waals surface area contributed by atoms with Gasteiger partial charge in [0.25, 0.3) is 0 Å². The van der Waals surface area contributed by atoms with Crippen molar-refractivity contribution in [2.24, 2.45) is 0 Å². The molecule has 0 fully saturated rings. The van der Waals surface area contributed by atoms with E-state index in [2.05, 4.69) is 36.0 Å². The van der Waals surface area contributed by atoms with Crippen LogP contribution in [0.1, 0.15) is 32.8 Å². The van der Waals surface area contributed by atoms with E-state index in [9.17, 15) is 0 Å². The van der Waals surface area contributed by atoms with Gasteiger partial charge in [-0.3, -0.25) is 4.98 Å². The van der Waals surface area contributed by atoms with Gasteiger partial charge in [-0.2, -0.15) is 0 Å². The minimum atomic E-state index is 0.477. The molecule has 1 heterocycles. The number of nitrogens with one attached hydrogen (secondary N) is 1. The Morgan fingerprint density at radius 1 is 1.32 bits per heavy atom. The van der Waals surface area contributed by atoms with Gasteiger partial charge in [0.05, 0.1) is 5.02 Å². The van der Waals surface area contributed by atoms with Gasteiger partial charge in [0.15, 0.2) is 0 Å². The summed E-state index contributed by atoms with van der Waals surface area (Å²) in [4.78, 5) is 6.50. The van der Waals surface area contributed by atoms with Crippen molar-refractivity contribution in [1.82, 2.24) is 15.2 Å². The molecule has 3 nitrogen and oxygen atoms in total. The molecule has 0 spiro atoms. The summed E-state index contributed by atoms with van der Waals surface area (Å²) in [6.07, 6.45) is 5.66. The molecule has 0 aliphatic carbocycles. The number of pyridine rings is 1. The summed E-state index contributed by atoms with van der Waals surface area (Å²) in [5, 5.41) is 4.33. The van der Waals surface area contributed by atoms with Crippen LogP contribution < -0.4 is 5.32 Å². The maximum absolute atomic E-state index is 6.19. The molecule has 1 unspecified atom stereocenters. The molecule has 1 N–H and O–H groups in total. The first kappa shape index (κ1) is 16.4. The highest BCUT2D eigenvalue weighted by molar-refractivity contribution is 6.31.